The lowest BCUT2D eigenvalue weighted by molar-refractivity contribution is -0.0312. The molecule has 0 aromatic rings. The number of alkyl halides is 3. The zero-order chi connectivity index (χ0) is 44.6. The van der Waals surface area contributed by atoms with Crippen LogP contribution in [0.4, 0.5) is 39.5 Å². The third-order valence-electron chi connectivity index (χ3n) is 11.2. The monoisotopic (exact) mass is 860 g/mol. The second-order valence-electron chi connectivity index (χ2n) is 15.8. The molecule has 3 aliphatic rings. The fourth-order valence-electron chi connectivity index (χ4n) is 6.56. The van der Waals surface area contributed by atoms with Crippen LogP contribution in [0.1, 0.15) is 81.6 Å². The predicted molar refractivity (Wildman–Crippen MR) is 186 cm³/mol. The van der Waals surface area contributed by atoms with Crippen molar-refractivity contribution < 1.29 is 98.3 Å². The van der Waals surface area contributed by atoms with Gasteiger partial charge in [-0.15, -0.1) is 0 Å². The van der Waals surface area contributed by atoms with E-state index in [4.69, 9.17) is 14.2 Å². The van der Waals surface area contributed by atoms with E-state index in [1.807, 2.05) is 0 Å². The first-order valence-electron chi connectivity index (χ1n) is 18.9. The highest BCUT2D eigenvalue weighted by molar-refractivity contribution is 6.37. The van der Waals surface area contributed by atoms with Gasteiger partial charge in [0.15, 0.2) is 35.3 Å². The number of halogens is 9. The summed E-state index contributed by atoms with van der Waals surface area (Å²) >= 11 is 0. The quantitative estimate of drug-likeness (QED) is 0.0326. The minimum atomic E-state index is -3.61. The highest BCUT2D eigenvalue weighted by atomic mass is 19.2. The molecule has 12 nitrogen and oxygen atoms in total. The molecule has 0 aromatic heterocycles. The SMILES string of the molecule is CC[C@H](O)[C@@H](C)[C@H]1O[C@H]1C(F)[C@@](C)(O)/C(F)=C(\F)OB(O/C(F)=C(\F)[C@](C)(O)C(F)[C@@H]1O[C@@H]1[C@H](C)[C@@H](O)CC)O/C(F)=C(\F)[C@](C)(O)C(F)[C@@H]1O[C@@H]1[C@H](C)[C@@H](O)CC. The third-order valence-corrected chi connectivity index (χ3v) is 11.2. The molecule has 0 amide bonds. The maximum atomic E-state index is 15.3. The van der Waals surface area contributed by atoms with E-state index in [1.165, 1.54) is 20.8 Å². The first-order chi connectivity index (χ1) is 26.6. The maximum Gasteiger partial charge on any atom is 0.869 e. The normalized spacial score (nSPS) is 32.1. The summed E-state index contributed by atoms with van der Waals surface area (Å²) < 4.78 is 166. The van der Waals surface area contributed by atoms with E-state index < -0.39 is 151 Å². The van der Waals surface area contributed by atoms with Crippen LogP contribution in [0.15, 0.2) is 35.5 Å². The Morgan fingerprint density at radius 2 is 0.707 bits per heavy atom. The standard InChI is InChI=1S/C36H54BF9O12/c1-10-16(47)13(4)19-22(53-19)25(38)34(7,50)28(41)31(44)56-37(57-32(45)29(42)35(8,51)26(39)23-20(54-23)14(5)17(48)11-2)58-33(46)30(43)36(9,52)27(40)24-21(55-24)15(6)18(49)12-3/h13-27,47-52H,10-12H2,1-9H3/b31-28-,32-29-,33-30-/t13-,14-,15-,16+,17+,18+,19-,20-,21-,22-,23-,24-,25?,26?,27?,34-,35-,36-/m1/s1. The molecule has 3 unspecified atom stereocenters. The van der Waals surface area contributed by atoms with Gasteiger partial charge in [-0.2, -0.15) is 13.2 Å². The molecule has 18 atom stereocenters. The topological polar surface area (TPSA) is 187 Å². The highest BCUT2D eigenvalue weighted by Crippen LogP contribution is 2.45. The second-order valence-corrected chi connectivity index (χ2v) is 15.8. The Kier molecular flexibility index (Phi) is 16.5. The van der Waals surface area contributed by atoms with Gasteiger partial charge in [-0.1, -0.05) is 41.5 Å². The number of ether oxygens (including phenoxy) is 3. The lowest BCUT2D eigenvalue weighted by Crippen LogP contribution is -2.44. The van der Waals surface area contributed by atoms with Gasteiger partial charge in [-0.3, -0.25) is 0 Å². The van der Waals surface area contributed by atoms with Crippen LogP contribution in [0.25, 0.3) is 0 Å². The number of hydrogen-bond acceptors (Lipinski definition) is 12. The van der Waals surface area contributed by atoms with Crippen LogP contribution in [0.2, 0.25) is 0 Å². The molecule has 0 aliphatic carbocycles. The zero-order valence-electron chi connectivity index (χ0n) is 33.4. The maximum absolute atomic E-state index is 15.3. The van der Waals surface area contributed by atoms with Crippen LogP contribution < -0.4 is 0 Å². The van der Waals surface area contributed by atoms with Gasteiger partial charge in [0, 0.05) is 17.8 Å². The third kappa shape index (κ3) is 10.8. The highest BCUT2D eigenvalue weighted by Gasteiger charge is 2.61. The van der Waals surface area contributed by atoms with Gasteiger partial charge >= 0.3 is 7.32 Å². The van der Waals surface area contributed by atoms with Crippen LogP contribution in [0.5, 0.6) is 0 Å². The van der Waals surface area contributed by atoms with Crippen molar-refractivity contribution in [3.63, 3.8) is 0 Å². The lowest BCUT2D eigenvalue weighted by Gasteiger charge is -2.27. The van der Waals surface area contributed by atoms with Crippen molar-refractivity contribution in [1.29, 1.82) is 0 Å². The summed E-state index contributed by atoms with van der Waals surface area (Å²) in [4.78, 5) is 0. The first-order valence-corrected chi connectivity index (χ1v) is 18.9. The van der Waals surface area contributed by atoms with Gasteiger partial charge in [0.25, 0.3) is 18.0 Å². The zero-order valence-corrected chi connectivity index (χ0v) is 33.4. The van der Waals surface area contributed by atoms with Gasteiger partial charge in [-0.25, -0.2) is 26.3 Å². The van der Waals surface area contributed by atoms with Gasteiger partial charge < -0.3 is 58.8 Å². The summed E-state index contributed by atoms with van der Waals surface area (Å²) in [5.41, 5.74) is -10.5. The lowest BCUT2D eigenvalue weighted by atomic mass is 9.90. The van der Waals surface area contributed by atoms with E-state index in [9.17, 15) is 30.6 Å². The van der Waals surface area contributed by atoms with E-state index in [-0.39, 0.29) is 19.3 Å². The van der Waals surface area contributed by atoms with Crippen molar-refractivity contribution in [1.82, 2.24) is 0 Å². The van der Waals surface area contributed by atoms with Gasteiger partial charge in [0.2, 0.25) is 17.5 Å². The van der Waals surface area contributed by atoms with Crippen LogP contribution in [-0.2, 0) is 28.2 Å². The Labute approximate surface area is 330 Å². The van der Waals surface area contributed by atoms with E-state index in [0.29, 0.717) is 20.8 Å². The van der Waals surface area contributed by atoms with E-state index in [0.717, 1.165) is 0 Å². The average molecular weight is 861 g/mol. The largest absolute Gasteiger partial charge is 0.869 e. The van der Waals surface area contributed by atoms with E-state index in [1.54, 1.807) is 20.8 Å². The summed E-state index contributed by atoms with van der Waals surface area (Å²) in [6.07, 6.45) is -18.9. The molecule has 6 N–H and O–H groups in total. The van der Waals surface area contributed by atoms with Crippen molar-refractivity contribution in [2.75, 3.05) is 0 Å². The van der Waals surface area contributed by atoms with Crippen LogP contribution >= 0.6 is 0 Å². The summed E-state index contributed by atoms with van der Waals surface area (Å²) in [6, 6.07) is -8.34. The Morgan fingerprint density at radius 3 is 0.897 bits per heavy atom. The summed E-state index contributed by atoms with van der Waals surface area (Å²) in [7, 11) is -3.61. The summed E-state index contributed by atoms with van der Waals surface area (Å²) in [6.45, 7) is 10.3. The van der Waals surface area contributed by atoms with Crippen LogP contribution in [0.3, 0.4) is 0 Å². The number of epoxide rings is 3. The molecular weight excluding hydrogens is 806 g/mol. The Balaban J connectivity index is 1.93. The molecule has 0 spiro atoms. The summed E-state index contributed by atoms with van der Waals surface area (Å²) in [5, 5.41) is 61.9. The van der Waals surface area contributed by atoms with E-state index in [2.05, 4.69) is 14.0 Å². The van der Waals surface area contributed by atoms with Crippen molar-refractivity contribution in [3.05, 3.63) is 35.5 Å². The van der Waals surface area contributed by atoms with E-state index >= 15 is 39.5 Å². The van der Waals surface area contributed by atoms with Crippen molar-refractivity contribution >= 4 is 7.32 Å². The number of aliphatic hydroxyl groups is 6. The Morgan fingerprint density at radius 1 is 0.500 bits per heavy atom. The average Bonchev–Trinajstić information content (AvgIpc) is 4.07. The van der Waals surface area contributed by atoms with Gasteiger partial charge in [-0.05, 0) is 40.0 Å². The van der Waals surface area contributed by atoms with Crippen molar-refractivity contribution in [2.24, 2.45) is 17.8 Å². The Hall–Kier alpha value is -2.31. The smallest absolute Gasteiger partial charge is 0.465 e. The second kappa shape index (κ2) is 19.2. The fraction of sp³-hybridized carbons (Fsp3) is 0.833. The number of hydrogen-bond donors (Lipinski definition) is 6. The van der Waals surface area contributed by atoms with Gasteiger partial charge in [0.05, 0.1) is 36.6 Å². The molecule has 3 fully saturated rings. The minimum absolute atomic E-state index is 0.202. The van der Waals surface area contributed by atoms with Crippen molar-refractivity contribution in [3.8, 4) is 0 Å². The molecule has 0 saturated carbocycles. The molecule has 336 valence electrons. The van der Waals surface area contributed by atoms with Crippen LogP contribution in [-0.4, -0.2) is 128 Å². The molecule has 0 bridgehead atoms. The van der Waals surface area contributed by atoms with Gasteiger partial charge in [0.1, 0.15) is 18.3 Å². The fourth-order valence-corrected chi connectivity index (χ4v) is 6.56. The minimum Gasteiger partial charge on any atom is -0.465 e. The molecule has 22 heteroatoms. The molecule has 3 heterocycles. The Bertz CT molecular complexity index is 1330. The molecular formula is C36H54BF9O12. The molecule has 0 aromatic carbocycles. The summed E-state index contributed by atoms with van der Waals surface area (Å²) in [5.74, 6) is -9.90. The molecule has 58 heavy (non-hydrogen) atoms. The molecule has 3 aliphatic heterocycles. The van der Waals surface area contributed by atoms with Crippen LogP contribution in [0, 0.1) is 17.8 Å². The first kappa shape index (κ1) is 50.1. The predicted octanol–water partition coefficient (Wildman–Crippen LogP) is 5.14. The molecule has 3 rings (SSSR count). The number of aliphatic hydroxyl groups excluding tert-OH is 3. The molecule has 0 radical (unpaired) electrons. The number of rotatable bonds is 24. The van der Waals surface area contributed by atoms with Crippen molar-refractivity contribution in [2.45, 2.75) is 172 Å². The molecule has 3 saturated heterocycles.